The molecule has 0 saturated carbocycles. The summed E-state index contributed by atoms with van der Waals surface area (Å²) in [6.45, 7) is 0.192. The van der Waals surface area contributed by atoms with Crippen LogP contribution >= 0.6 is 11.6 Å². The second-order valence-electron chi connectivity index (χ2n) is 4.94. The number of hydrogen-bond donors (Lipinski definition) is 3. The van der Waals surface area contributed by atoms with Gasteiger partial charge in [-0.25, -0.2) is 0 Å². The Morgan fingerprint density at radius 3 is 2.48 bits per heavy atom. The molecule has 0 aliphatic heterocycles. The first-order valence-corrected chi connectivity index (χ1v) is 7.52. The third-order valence-corrected chi connectivity index (χ3v) is 3.41. The van der Waals surface area contributed by atoms with Crippen molar-refractivity contribution in [2.75, 3.05) is 11.9 Å². The molecule has 0 aromatic heterocycles. The Kier molecular flexibility index (Phi) is 6.14. The van der Waals surface area contributed by atoms with Crippen molar-refractivity contribution < 1.29 is 14.7 Å². The van der Waals surface area contributed by atoms with Gasteiger partial charge in [0.15, 0.2) is 0 Å². The third-order valence-electron chi connectivity index (χ3n) is 3.18. The van der Waals surface area contributed by atoms with Gasteiger partial charge in [0.1, 0.15) is 0 Å². The Hall–Kier alpha value is -2.37. The molecule has 0 aliphatic carbocycles. The minimum absolute atomic E-state index is 0.192. The first-order chi connectivity index (χ1) is 11.1. The van der Waals surface area contributed by atoms with Crippen LogP contribution in [0.3, 0.4) is 0 Å². The minimum Gasteiger partial charge on any atom is -0.388 e. The number of carbonyl (C=O) groups is 2. The summed E-state index contributed by atoms with van der Waals surface area (Å²) < 4.78 is 0. The van der Waals surface area contributed by atoms with Crippen LogP contribution in [0.4, 0.5) is 5.69 Å². The monoisotopic (exact) mass is 332 g/mol. The highest BCUT2D eigenvalue weighted by molar-refractivity contribution is 6.39. The van der Waals surface area contributed by atoms with Crippen molar-refractivity contribution in [3.05, 3.63) is 65.2 Å². The SMILES string of the molecule is O=C(NCCC(O)c1ccccc1)C(=O)Nc1cccc(Cl)c1. The fourth-order valence-corrected chi connectivity index (χ4v) is 2.19. The molecule has 3 N–H and O–H groups in total. The summed E-state index contributed by atoms with van der Waals surface area (Å²) in [6.07, 6.45) is -0.368. The normalized spacial score (nSPS) is 11.6. The summed E-state index contributed by atoms with van der Waals surface area (Å²) in [5.41, 5.74) is 1.21. The van der Waals surface area contributed by atoms with Crippen molar-refractivity contribution in [1.82, 2.24) is 5.32 Å². The number of halogens is 1. The predicted molar refractivity (Wildman–Crippen MR) is 89.1 cm³/mol. The molecule has 0 heterocycles. The third kappa shape index (κ3) is 5.39. The fraction of sp³-hybridized carbons (Fsp3) is 0.176. The van der Waals surface area contributed by atoms with Gasteiger partial charge in [-0.05, 0) is 30.2 Å². The second kappa shape index (κ2) is 8.31. The molecule has 2 aromatic carbocycles. The standard InChI is InChI=1S/C17H17ClN2O3/c18-13-7-4-8-14(11-13)20-17(23)16(22)19-10-9-15(21)12-5-2-1-3-6-12/h1-8,11,15,21H,9-10H2,(H,19,22)(H,20,23). The molecule has 0 bridgehead atoms. The van der Waals surface area contributed by atoms with Gasteiger partial charge in [-0.3, -0.25) is 9.59 Å². The number of aliphatic hydroxyl groups excluding tert-OH is 1. The number of anilines is 1. The molecule has 6 heteroatoms. The van der Waals surface area contributed by atoms with Crippen molar-refractivity contribution in [3.63, 3.8) is 0 Å². The number of benzene rings is 2. The quantitative estimate of drug-likeness (QED) is 0.736. The van der Waals surface area contributed by atoms with E-state index in [1.54, 1.807) is 36.4 Å². The van der Waals surface area contributed by atoms with Gasteiger partial charge in [0.2, 0.25) is 0 Å². The van der Waals surface area contributed by atoms with Crippen molar-refractivity contribution in [3.8, 4) is 0 Å². The number of rotatable bonds is 5. The lowest BCUT2D eigenvalue weighted by Gasteiger charge is -2.11. The number of carbonyl (C=O) groups excluding carboxylic acids is 2. The van der Waals surface area contributed by atoms with E-state index in [2.05, 4.69) is 10.6 Å². The molecular weight excluding hydrogens is 316 g/mol. The second-order valence-corrected chi connectivity index (χ2v) is 5.37. The molecule has 1 atom stereocenters. The summed E-state index contributed by atoms with van der Waals surface area (Å²) >= 11 is 5.80. The van der Waals surface area contributed by atoms with E-state index in [4.69, 9.17) is 11.6 Å². The number of hydrogen-bond acceptors (Lipinski definition) is 3. The van der Waals surface area contributed by atoms with E-state index in [9.17, 15) is 14.7 Å². The van der Waals surface area contributed by atoms with E-state index in [0.717, 1.165) is 5.56 Å². The average Bonchev–Trinajstić information content (AvgIpc) is 2.55. The highest BCUT2D eigenvalue weighted by atomic mass is 35.5. The molecule has 2 aromatic rings. The van der Waals surface area contributed by atoms with Gasteiger partial charge >= 0.3 is 11.8 Å². The van der Waals surface area contributed by atoms with Crippen LogP contribution in [0.15, 0.2) is 54.6 Å². The van der Waals surface area contributed by atoms with Gasteiger partial charge in [0, 0.05) is 17.3 Å². The topological polar surface area (TPSA) is 78.4 Å². The van der Waals surface area contributed by atoms with E-state index >= 15 is 0 Å². The lowest BCUT2D eigenvalue weighted by Crippen LogP contribution is -2.36. The highest BCUT2D eigenvalue weighted by Gasteiger charge is 2.14. The van der Waals surface area contributed by atoms with E-state index in [1.165, 1.54) is 0 Å². The minimum atomic E-state index is -0.776. The molecule has 0 aliphatic rings. The first-order valence-electron chi connectivity index (χ1n) is 7.14. The zero-order chi connectivity index (χ0) is 16.7. The van der Waals surface area contributed by atoms with Crippen LogP contribution in [0.25, 0.3) is 0 Å². The first kappa shape index (κ1) is 17.0. The van der Waals surface area contributed by atoms with Crippen LogP contribution in [-0.4, -0.2) is 23.5 Å². The number of aliphatic hydroxyl groups is 1. The van der Waals surface area contributed by atoms with E-state index in [-0.39, 0.29) is 6.54 Å². The summed E-state index contributed by atoms with van der Waals surface area (Å²) in [5.74, 6) is -1.54. The largest absolute Gasteiger partial charge is 0.388 e. The Morgan fingerprint density at radius 1 is 1.04 bits per heavy atom. The molecule has 0 saturated heterocycles. The molecule has 0 fully saturated rings. The van der Waals surface area contributed by atoms with Gasteiger partial charge in [-0.2, -0.15) is 0 Å². The molecule has 0 radical (unpaired) electrons. The maximum Gasteiger partial charge on any atom is 0.313 e. The molecule has 120 valence electrons. The van der Waals surface area contributed by atoms with Gasteiger partial charge in [0.25, 0.3) is 0 Å². The van der Waals surface area contributed by atoms with E-state index in [1.807, 2.05) is 18.2 Å². The Morgan fingerprint density at radius 2 is 1.78 bits per heavy atom. The molecular formula is C17H17ClN2O3. The Labute approximate surface area is 139 Å². The smallest absolute Gasteiger partial charge is 0.313 e. The van der Waals surface area contributed by atoms with E-state index in [0.29, 0.717) is 17.1 Å². The summed E-state index contributed by atoms with van der Waals surface area (Å²) in [6, 6.07) is 15.6. The summed E-state index contributed by atoms with van der Waals surface area (Å²) in [5, 5.41) is 15.4. The average molecular weight is 333 g/mol. The van der Waals surface area contributed by atoms with Gasteiger partial charge < -0.3 is 15.7 Å². The highest BCUT2D eigenvalue weighted by Crippen LogP contribution is 2.15. The van der Waals surface area contributed by atoms with Crippen LogP contribution in [0.1, 0.15) is 18.1 Å². The van der Waals surface area contributed by atoms with E-state index < -0.39 is 17.9 Å². The fourth-order valence-electron chi connectivity index (χ4n) is 2.00. The predicted octanol–water partition coefficient (Wildman–Crippen LogP) is 2.52. The zero-order valence-electron chi connectivity index (χ0n) is 12.3. The maximum atomic E-state index is 11.7. The van der Waals surface area contributed by atoms with Gasteiger partial charge in [0.05, 0.1) is 6.10 Å². The van der Waals surface area contributed by atoms with Crippen molar-refractivity contribution >= 4 is 29.1 Å². The Bertz CT molecular complexity index is 677. The van der Waals surface area contributed by atoms with Crippen LogP contribution in [0.2, 0.25) is 5.02 Å². The summed E-state index contributed by atoms with van der Waals surface area (Å²) in [7, 11) is 0. The molecule has 0 spiro atoms. The molecule has 5 nitrogen and oxygen atoms in total. The lowest BCUT2D eigenvalue weighted by atomic mass is 10.1. The summed E-state index contributed by atoms with van der Waals surface area (Å²) in [4.78, 5) is 23.5. The lowest BCUT2D eigenvalue weighted by molar-refractivity contribution is -0.136. The molecule has 2 amide bonds. The number of nitrogens with one attached hydrogen (secondary N) is 2. The van der Waals surface area contributed by atoms with Crippen molar-refractivity contribution in [2.45, 2.75) is 12.5 Å². The van der Waals surface area contributed by atoms with Crippen LogP contribution in [0, 0.1) is 0 Å². The van der Waals surface area contributed by atoms with Gasteiger partial charge in [-0.15, -0.1) is 0 Å². The molecule has 23 heavy (non-hydrogen) atoms. The van der Waals surface area contributed by atoms with Gasteiger partial charge in [-0.1, -0.05) is 48.0 Å². The molecule has 2 rings (SSSR count). The van der Waals surface area contributed by atoms with Crippen LogP contribution < -0.4 is 10.6 Å². The maximum absolute atomic E-state index is 11.7. The van der Waals surface area contributed by atoms with Crippen LogP contribution in [0.5, 0.6) is 0 Å². The zero-order valence-corrected chi connectivity index (χ0v) is 13.1. The molecule has 1 unspecified atom stereocenters. The van der Waals surface area contributed by atoms with Crippen molar-refractivity contribution in [1.29, 1.82) is 0 Å². The number of amides is 2. The van der Waals surface area contributed by atoms with Crippen molar-refractivity contribution in [2.24, 2.45) is 0 Å². The van der Waals surface area contributed by atoms with Crippen LogP contribution in [-0.2, 0) is 9.59 Å². The Balaban J connectivity index is 1.77.